The van der Waals surface area contributed by atoms with Crippen molar-refractivity contribution >= 4 is 5.91 Å². The van der Waals surface area contributed by atoms with Crippen LogP contribution in [0.3, 0.4) is 0 Å². The second-order valence-electron chi connectivity index (χ2n) is 9.27. The van der Waals surface area contributed by atoms with Crippen LogP contribution in [0, 0.1) is 12.8 Å². The molecule has 1 amide bonds. The maximum absolute atomic E-state index is 13.1. The van der Waals surface area contributed by atoms with E-state index >= 15 is 0 Å². The lowest BCUT2D eigenvalue weighted by molar-refractivity contribution is 0.0690. The highest BCUT2D eigenvalue weighted by atomic mass is 16.2. The number of nitrogens with zero attached hydrogens (tertiary/aromatic N) is 5. The molecule has 3 heterocycles. The maximum Gasteiger partial charge on any atom is 0.276 e. The lowest BCUT2D eigenvalue weighted by Crippen LogP contribution is -2.38. The number of carbonyl (C=O) groups excluding carboxylic acids is 1. The average Bonchev–Trinajstić information content (AvgIpc) is 3.20. The van der Waals surface area contributed by atoms with Gasteiger partial charge in [0.25, 0.3) is 5.91 Å². The Hall–Kier alpha value is -2.99. The van der Waals surface area contributed by atoms with Crippen LogP contribution in [0.1, 0.15) is 52.6 Å². The van der Waals surface area contributed by atoms with Crippen molar-refractivity contribution < 1.29 is 4.79 Å². The Bertz CT molecular complexity index is 1100. The van der Waals surface area contributed by atoms with Crippen LogP contribution < -0.4 is 0 Å². The number of hydrogen-bond acceptors (Lipinski definition) is 4. The third-order valence-electron chi connectivity index (χ3n) is 6.97. The van der Waals surface area contributed by atoms with Crippen LogP contribution in [0.4, 0.5) is 0 Å². The van der Waals surface area contributed by atoms with E-state index < -0.39 is 0 Å². The standard InChI is InChI=1S/C26H31N5O/c1-19-11-15-30(16-12-19)26(32)25-20(2)31(28-27-25)24-10-6-9-22-18-29(14-13-23(22)24)17-21-7-4-3-5-8-21/h3-10,19H,11-18H2,1-2H3. The number of carbonyl (C=O) groups is 1. The van der Waals surface area contributed by atoms with Gasteiger partial charge in [0.15, 0.2) is 5.69 Å². The van der Waals surface area contributed by atoms with E-state index in [0.29, 0.717) is 11.6 Å². The highest BCUT2D eigenvalue weighted by Crippen LogP contribution is 2.27. The number of amides is 1. The van der Waals surface area contributed by atoms with Gasteiger partial charge < -0.3 is 4.90 Å². The highest BCUT2D eigenvalue weighted by Gasteiger charge is 2.27. The van der Waals surface area contributed by atoms with Gasteiger partial charge >= 0.3 is 0 Å². The van der Waals surface area contributed by atoms with Crippen molar-refractivity contribution in [3.63, 3.8) is 0 Å². The smallest absolute Gasteiger partial charge is 0.276 e. The minimum atomic E-state index is 0.0134. The molecule has 3 aromatic rings. The van der Waals surface area contributed by atoms with Crippen molar-refractivity contribution in [2.75, 3.05) is 19.6 Å². The van der Waals surface area contributed by atoms with E-state index in [-0.39, 0.29) is 5.91 Å². The number of rotatable bonds is 4. The number of fused-ring (bicyclic) bond motifs is 1. The summed E-state index contributed by atoms with van der Waals surface area (Å²) in [5, 5.41) is 8.73. The van der Waals surface area contributed by atoms with E-state index in [1.54, 1.807) is 0 Å². The first-order chi connectivity index (χ1) is 15.6. The molecule has 2 aromatic carbocycles. The van der Waals surface area contributed by atoms with Crippen LogP contribution >= 0.6 is 0 Å². The Labute approximate surface area is 189 Å². The van der Waals surface area contributed by atoms with Gasteiger partial charge in [0, 0.05) is 32.7 Å². The normalized spacial score (nSPS) is 17.4. The van der Waals surface area contributed by atoms with Gasteiger partial charge in [-0.3, -0.25) is 9.69 Å². The molecule has 0 aliphatic carbocycles. The Balaban J connectivity index is 1.37. The summed E-state index contributed by atoms with van der Waals surface area (Å²) in [5.41, 5.74) is 6.35. The minimum Gasteiger partial charge on any atom is -0.337 e. The summed E-state index contributed by atoms with van der Waals surface area (Å²) in [6.07, 6.45) is 3.08. The van der Waals surface area contributed by atoms with Crippen LogP contribution in [-0.4, -0.2) is 50.3 Å². The van der Waals surface area contributed by atoms with Crippen LogP contribution in [0.15, 0.2) is 48.5 Å². The summed E-state index contributed by atoms with van der Waals surface area (Å²) >= 11 is 0. The third-order valence-corrected chi connectivity index (χ3v) is 6.97. The van der Waals surface area contributed by atoms with E-state index in [2.05, 4.69) is 70.7 Å². The number of benzene rings is 2. The molecular formula is C26H31N5O. The summed E-state index contributed by atoms with van der Waals surface area (Å²) in [4.78, 5) is 17.5. The Morgan fingerprint density at radius 1 is 1.03 bits per heavy atom. The Morgan fingerprint density at radius 2 is 1.81 bits per heavy atom. The van der Waals surface area contributed by atoms with Crippen molar-refractivity contribution in [1.82, 2.24) is 24.8 Å². The Kier molecular flexibility index (Phi) is 5.79. The van der Waals surface area contributed by atoms with Crippen molar-refractivity contribution in [3.8, 4) is 5.69 Å². The zero-order chi connectivity index (χ0) is 22.1. The minimum absolute atomic E-state index is 0.0134. The predicted molar refractivity (Wildman–Crippen MR) is 125 cm³/mol. The molecule has 1 saturated heterocycles. The van der Waals surface area contributed by atoms with Crippen molar-refractivity contribution in [2.45, 2.75) is 46.2 Å². The first-order valence-corrected chi connectivity index (χ1v) is 11.7. The van der Waals surface area contributed by atoms with Gasteiger partial charge in [-0.15, -0.1) is 5.10 Å². The second-order valence-corrected chi connectivity index (χ2v) is 9.27. The molecule has 0 atom stereocenters. The van der Waals surface area contributed by atoms with E-state index in [9.17, 15) is 4.79 Å². The predicted octanol–water partition coefficient (Wildman–Crippen LogP) is 4.01. The van der Waals surface area contributed by atoms with Crippen LogP contribution in [-0.2, 0) is 19.5 Å². The summed E-state index contributed by atoms with van der Waals surface area (Å²) in [7, 11) is 0. The topological polar surface area (TPSA) is 54.3 Å². The van der Waals surface area contributed by atoms with E-state index in [4.69, 9.17) is 0 Å². The second kappa shape index (κ2) is 8.87. The monoisotopic (exact) mass is 429 g/mol. The van der Waals surface area contributed by atoms with Gasteiger partial charge in [0.05, 0.1) is 11.4 Å². The molecule has 2 aliphatic heterocycles. The fraction of sp³-hybridized carbons (Fsp3) is 0.423. The van der Waals surface area contributed by atoms with Crippen LogP contribution in [0.25, 0.3) is 5.69 Å². The largest absolute Gasteiger partial charge is 0.337 e. The quantitative estimate of drug-likeness (QED) is 0.629. The number of likely N-dealkylation sites (tertiary alicyclic amines) is 1. The molecule has 0 radical (unpaired) electrons. The van der Waals surface area contributed by atoms with Gasteiger partial charge in [-0.2, -0.15) is 0 Å². The number of aromatic nitrogens is 3. The summed E-state index contributed by atoms with van der Waals surface area (Å²) in [6.45, 7) is 8.72. The first kappa shape index (κ1) is 20.9. The Morgan fingerprint density at radius 3 is 2.59 bits per heavy atom. The fourth-order valence-corrected chi connectivity index (χ4v) is 4.94. The summed E-state index contributed by atoms with van der Waals surface area (Å²) in [6, 6.07) is 17.0. The van der Waals surface area contributed by atoms with Gasteiger partial charge in [0.2, 0.25) is 0 Å². The zero-order valence-corrected chi connectivity index (χ0v) is 19.0. The average molecular weight is 430 g/mol. The van der Waals surface area contributed by atoms with E-state index in [1.807, 2.05) is 16.5 Å². The van der Waals surface area contributed by atoms with Crippen molar-refractivity contribution in [2.24, 2.45) is 5.92 Å². The maximum atomic E-state index is 13.1. The summed E-state index contributed by atoms with van der Waals surface area (Å²) in [5.74, 6) is 0.701. The molecule has 0 saturated carbocycles. The van der Waals surface area contributed by atoms with Gasteiger partial charge in [-0.1, -0.05) is 54.6 Å². The van der Waals surface area contributed by atoms with Crippen molar-refractivity contribution in [1.29, 1.82) is 0 Å². The molecule has 1 fully saturated rings. The van der Waals surface area contributed by atoms with Gasteiger partial charge in [-0.05, 0) is 54.9 Å². The molecule has 2 aliphatic rings. The molecule has 1 aromatic heterocycles. The lowest BCUT2D eigenvalue weighted by atomic mass is 9.97. The molecule has 5 rings (SSSR count). The molecule has 6 nitrogen and oxygen atoms in total. The van der Waals surface area contributed by atoms with E-state index in [0.717, 1.165) is 63.4 Å². The van der Waals surface area contributed by atoms with E-state index in [1.165, 1.54) is 16.7 Å². The lowest BCUT2D eigenvalue weighted by Gasteiger charge is -2.30. The third kappa shape index (κ3) is 4.07. The van der Waals surface area contributed by atoms with Crippen molar-refractivity contribution in [3.05, 3.63) is 76.6 Å². The summed E-state index contributed by atoms with van der Waals surface area (Å²) < 4.78 is 1.87. The zero-order valence-electron chi connectivity index (χ0n) is 19.0. The van der Waals surface area contributed by atoms with Crippen LogP contribution in [0.5, 0.6) is 0 Å². The fourth-order valence-electron chi connectivity index (χ4n) is 4.94. The highest BCUT2D eigenvalue weighted by molar-refractivity contribution is 5.93. The molecule has 166 valence electrons. The molecule has 0 unspecified atom stereocenters. The SMILES string of the molecule is Cc1c(C(=O)N2CCC(C)CC2)nnn1-c1cccc2c1CCN(Cc1ccccc1)C2. The first-order valence-electron chi connectivity index (χ1n) is 11.7. The van der Waals surface area contributed by atoms with Gasteiger partial charge in [0.1, 0.15) is 0 Å². The molecule has 6 heteroatoms. The van der Waals surface area contributed by atoms with Gasteiger partial charge in [-0.25, -0.2) is 4.68 Å². The number of piperidine rings is 1. The molecular weight excluding hydrogens is 398 g/mol. The van der Waals surface area contributed by atoms with Crippen LogP contribution in [0.2, 0.25) is 0 Å². The molecule has 0 N–H and O–H groups in total. The number of hydrogen-bond donors (Lipinski definition) is 0. The molecule has 0 bridgehead atoms. The molecule has 0 spiro atoms. The molecule has 32 heavy (non-hydrogen) atoms.